The quantitative estimate of drug-likeness (QED) is 0.321. The van der Waals surface area contributed by atoms with Crippen molar-refractivity contribution in [2.45, 2.75) is 50.8 Å². The zero-order valence-electron chi connectivity index (χ0n) is 16.1. The molecule has 0 heterocycles. The fourth-order valence-corrected chi connectivity index (χ4v) is 2.25. The fourth-order valence-electron chi connectivity index (χ4n) is 2.25. The second kappa shape index (κ2) is 14.7. The molecule has 4 atom stereocenters. The number of nitrogens with one attached hydrogen (secondary N) is 1. The minimum absolute atomic E-state index is 0. The zero-order valence-corrected chi connectivity index (χ0v) is 17.0. The molecule has 170 valence electrons. The number of carbonyl (C=O) groups excluding carboxylic acids is 1. The Morgan fingerprint density at radius 3 is 2.21 bits per heavy atom. The van der Waals surface area contributed by atoms with Crippen molar-refractivity contribution in [1.29, 1.82) is 0 Å². The lowest BCUT2D eigenvalue weighted by molar-refractivity contribution is -0.142. The van der Waals surface area contributed by atoms with Gasteiger partial charge >= 0.3 is 6.18 Å². The van der Waals surface area contributed by atoms with E-state index < -0.39 is 49.0 Å². The van der Waals surface area contributed by atoms with Crippen LogP contribution >= 0.6 is 12.4 Å². The second-order valence-corrected chi connectivity index (χ2v) is 6.17. The lowest BCUT2D eigenvalue weighted by Crippen LogP contribution is -2.44. The minimum Gasteiger partial charge on any atom is -0.394 e. The van der Waals surface area contributed by atoms with Gasteiger partial charge in [0, 0.05) is 6.04 Å². The molecule has 29 heavy (non-hydrogen) atoms. The van der Waals surface area contributed by atoms with Crippen molar-refractivity contribution >= 4 is 18.2 Å². The molecule has 0 aliphatic rings. The van der Waals surface area contributed by atoms with Crippen LogP contribution in [0.2, 0.25) is 0 Å². The summed E-state index contributed by atoms with van der Waals surface area (Å²) in [6, 6.07) is 5.68. The van der Waals surface area contributed by atoms with E-state index in [0.29, 0.717) is 12.0 Å². The standard InChI is InChI=1S/C12H16F3N.C6H12O6.ClH/c1-3-16-9(2)7-10-5-4-6-11(8-10)12(13,14)15;7-1-3(9)5(11)6(12)4(10)2-8;/h4-6,8-9,16H,3,7H2,1-2H3;3,5-9,11-12H,1-2H2;1H/t;3-,5+,6-;/m.1./s1. The van der Waals surface area contributed by atoms with Crippen LogP contribution in [0.5, 0.6) is 0 Å². The highest BCUT2D eigenvalue weighted by Crippen LogP contribution is 2.29. The summed E-state index contributed by atoms with van der Waals surface area (Å²) in [5, 5.41) is 46.2. The van der Waals surface area contributed by atoms with E-state index in [1.807, 2.05) is 13.8 Å². The first-order valence-corrected chi connectivity index (χ1v) is 8.66. The number of Topliss-reactive ketones (excluding diaryl/α,β-unsaturated/α-hetero) is 1. The minimum atomic E-state index is -4.25. The monoisotopic (exact) mass is 447 g/mol. The van der Waals surface area contributed by atoms with Crippen molar-refractivity contribution in [2.24, 2.45) is 0 Å². The van der Waals surface area contributed by atoms with Gasteiger partial charge in [-0.05, 0) is 31.5 Å². The smallest absolute Gasteiger partial charge is 0.394 e. The number of carbonyl (C=O) groups is 1. The Hall–Kier alpha value is -1.27. The Labute approximate surface area is 173 Å². The molecule has 7 nitrogen and oxygen atoms in total. The topological polar surface area (TPSA) is 130 Å². The van der Waals surface area contributed by atoms with E-state index in [1.54, 1.807) is 6.07 Å². The summed E-state index contributed by atoms with van der Waals surface area (Å²) in [5.41, 5.74) is 0.136. The van der Waals surface area contributed by atoms with Crippen molar-refractivity contribution in [3.05, 3.63) is 35.4 Å². The molecular formula is C18H29ClF3NO6. The predicted octanol–water partition coefficient (Wildman–Crippen LogP) is 0.290. The van der Waals surface area contributed by atoms with Crippen LogP contribution in [0.25, 0.3) is 0 Å². The third kappa shape index (κ3) is 11.5. The number of aliphatic hydroxyl groups is 5. The van der Waals surface area contributed by atoms with E-state index in [4.69, 9.17) is 25.5 Å². The van der Waals surface area contributed by atoms with Gasteiger partial charge < -0.3 is 30.8 Å². The lowest BCUT2D eigenvalue weighted by Gasteiger charge is -2.19. The van der Waals surface area contributed by atoms with Gasteiger partial charge in [0.2, 0.25) is 0 Å². The number of benzene rings is 1. The van der Waals surface area contributed by atoms with Gasteiger partial charge in [-0.15, -0.1) is 12.4 Å². The summed E-state index contributed by atoms with van der Waals surface area (Å²) in [4.78, 5) is 10.5. The highest BCUT2D eigenvalue weighted by Gasteiger charge is 2.30. The average molecular weight is 448 g/mol. The van der Waals surface area contributed by atoms with Crippen LogP contribution in [-0.4, -0.2) is 75.4 Å². The van der Waals surface area contributed by atoms with Gasteiger partial charge in [-0.2, -0.15) is 13.2 Å². The van der Waals surface area contributed by atoms with Crippen molar-refractivity contribution in [3.63, 3.8) is 0 Å². The van der Waals surface area contributed by atoms with E-state index in [9.17, 15) is 18.0 Å². The Morgan fingerprint density at radius 2 is 1.76 bits per heavy atom. The SMILES string of the molecule is CCNC(C)Cc1cccc(C(F)(F)F)c1.Cl.O=C(CO)[C@@H](O)[C@@H](O)[C@H](O)CO. The number of halogens is 4. The van der Waals surface area contributed by atoms with Crippen LogP contribution in [0, 0.1) is 0 Å². The molecule has 0 saturated heterocycles. The van der Waals surface area contributed by atoms with Gasteiger partial charge in [-0.3, -0.25) is 4.79 Å². The van der Waals surface area contributed by atoms with Gasteiger partial charge in [0.15, 0.2) is 5.78 Å². The van der Waals surface area contributed by atoms with Gasteiger partial charge in [0.05, 0.1) is 12.2 Å². The maximum Gasteiger partial charge on any atom is 0.416 e. The summed E-state index contributed by atoms with van der Waals surface area (Å²) >= 11 is 0. The van der Waals surface area contributed by atoms with Crippen molar-refractivity contribution in [2.75, 3.05) is 19.8 Å². The van der Waals surface area contributed by atoms with E-state index in [2.05, 4.69) is 5.32 Å². The van der Waals surface area contributed by atoms with Crippen LogP contribution in [0.15, 0.2) is 24.3 Å². The molecule has 0 aromatic heterocycles. The number of rotatable bonds is 9. The number of hydrogen-bond donors (Lipinski definition) is 6. The lowest BCUT2D eigenvalue weighted by atomic mass is 10.0. The van der Waals surface area contributed by atoms with Crippen LogP contribution in [0.1, 0.15) is 25.0 Å². The molecular weight excluding hydrogens is 419 g/mol. The van der Waals surface area contributed by atoms with Crippen LogP contribution in [0.4, 0.5) is 13.2 Å². The van der Waals surface area contributed by atoms with Crippen molar-refractivity contribution in [1.82, 2.24) is 5.32 Å². The molecule has 1 rings (SSSR count). The van der Waals surface area contributed by atoms with Gasteiger partial charge in [0.25, 0.3) is 0 Å². The van der Waals surface area contributed by atoms with Crippen LogP contribution in [0.3, 0.4) is 0 Å². The zero-order chi connectivity index (χ0) is 21.9. The predicted molar refractivity (Wildman–Crippen MR) is 103 cm³/mol. The molecule has 0 aliphatic heterocycles. The summed E-state index contributed by atoms with van der Waals surface area (Å²) in [5.74, 6) is -1.00. The van der Waals surface area contributed by atoms with E-state index in [-0.39, 0.29) is 18.4 Å². The number of ketones is 1. The Morgan fingerprint density at radius 1 is 1.17 bits per heavy atom. The Balaban J connectivity index is 0. The molecule has 0 bridgehead atoms. The average Bonchev–Trinajstić information content (AvgIpc) is 2.65. The third-order valence-corrected chi connectivity index (χ3v) is 3.74. The molecule has 0 spiro atoms. The van der Waals surface area contributed by atoms with E-state index in [0.717, 1.165) is 12.6 Å². The maximum absolute atomic E-state index is 12.4. The van der Waals surface area contributed by atoms with Crippen molar-refractivity contribution in [3.8, 4) is 0 Å². The number of aliphatic hydroxyl groups excluding tert-OH is 5. The Bertz CT molecular complexity index is 591. The second-order valence-electron chi connectivity index (χ2n) is 6.17. The molecule has 0 saturated carbocycles. The number of hydrogen-bond acceptors (Lipinski definition) is 7. The van der Waals surface area contributed by atoms with Gasteiger partial charge in [0.1, 0.15) is 24.9 Å². The highest BCUT2D eigenvalue weighted by molar-refractivity contribution is 5.85. The first kappa shape index (κ1) is 29.9. The summed E-state index contributed by atoms with van der Waals surface area (Å²) in [6.45, 7) is 3.07. The molecule has 0 radical (unpaired) electrons. The third-order valence-electron chi connectivity index (χ3n) is 3.74. The van der Waals surface area contributed by atoms with Crippen LogP contribution in [-0.2, 0) is 17.4 Å². The van der Waals surface area contributed by atoms with Crippen molar-refractivity contribution < 1.29 is 43.5 Å². The molecule has 1 unspecified atom stereocenters. The summed E-state index contributed by atoms with van der Waals surface area (Å²) < 4.78 is 37.3. The molecule has 0 aliphatic carbocycles. The number of likely N-dealkylation sites (N-methyl/N-ethyl adjacent to an activating group) is 1. The largest absolute Gasteiger partial charge is 0.416 e. The van der Waals surface area contributed by atoms with E-state index >= 15 is 0 Å². The first-order chi connectivity index (χ1) is 13.0. The Kier molecular flexibility index (Phi) is 15.1. The molecule has 0 amide bonds. The molecule has 11 heteroatoms. The summed E-state index contributed by atoms with van der Waals surface area (Å²) in [6.07, 6.45) is -8.86. The van der Waals surface area contributed by atoms with Gasteiger partial charge in [-0.1, -0.05) is 25.1 Å². The normalized spacial score (nSPS) is 15.2. The van der Waals surface area contributed by atoms with Crippen LogP contribution < -0.4 is 5.32 Å². The maximum atomic E-state index is 12.4. The molecule has 1 aromatic carbocycles. The fraction of sp³-hybridized carbons (Fsp3) is 0.611. The van der Waals surface area contributed by atoms with Gasteiger partial charge in [-0.25, -0.2) is 0 Å². The molecule has 0 fully saturated rings. The number of alkyl halides is 3. The summed E-state index contributed by atoms with van der Waals surface area (Å²) in [7, 11) is 0. The molecule has 6 N–H and O–H groups in total. The highest BCUT2D eigenvalue weighted by atomic mass is 35.5. The first-order valence-electron chi connectivity index (χ1n) is 8.66. The van der Waals surface area contributed by atoms with E-state index in [1.165, 1.54) is 12.1 Å². The molecule has 1 aromatic rings.